The monoisotopic (exact) mass is 177 g/mol. The lowest BCUT2D eigenvalue weighted by Crippen LogP contribution is -1.95. The van der Waals surface area contributed by atoms with Crippen molar-refractivity contribution in [2.75, 3.05) is 5.73 Å². The zero-order valence-corrected chi connectivity index (χ0v) is 7.36. The third-order valence-corrected chi connectivity index (χ3v) is 2.16. The van der Waals surface area contributed by atoms with Crippen molar-refractivity contribution in [3.05, 3.63) is 23.8 Å². The zero-order valence-electron chi connectivity index (χ0n) is 7.36. The number of nitrogens with zero attached hydrogens (tertiary/aromatic N) is 2. The van der Waals surface area contributed by atoms with E-state index in [0.29, 0.717) is 5.95 Å². The predicted molar refractivity (Wildman–Crippen MR) is 51.0 cm³/mol. The molecule has 0 saturated carbocycles. The average molecular weight is 177 g/mol. The summed E-state index contributed by atoms with van der Waals surface area (Å²) in [6.45, 7) is 0.0341. The van der Waals surface area contributed by atoms with Crippen LogP contribution in [0.25, 0.3) is 11.0 Å². The number of hydrogen-bond donors (Lipinski definition) is 2. The number of fused-ring (bicyclic) bond motifs is 1. The summed E-state index contributed by atoms with van der Waals surface area (Å²) in [5, 5.41) is 8.91. The molecule has 1 aromatic carbocycles. The summed E-state index contributed by atoms with van der Waals surface area (Å²) in [5.41, 5.74) is 8.29. The van der Waals surface area contributed by atoms with Crippen LogP contribution < -0.4 is 5.73 Å². The fraction of sp³-hybridized carbons (Fsp3) is 0.222. The Labute approximate surface area is 75.6 Å². The number of aryl methyl sites for hydroxylation is 1. The summed E-state index contributed by atoms with van der Waals surface area (Å²) in [6, 6.07) is 5.61. The maximum atomic E-state index is 8.91. The summed E-state index contributed by atoms with van der Waals surface area (Å²) in [7, 11) is 1.86. The minimum absolute atomic E-state index is 0.0341. The van der Waals surface area contributed by atoms with Crippen molar-refractivity contribution in [3.8, 4) is 0 Å². The molecule has 4 heteroatoms. The Morgan fingerprint density at radius 3 is 3.00 bits per heavy atom. The van der Waals surface area contributed by atoms with E-state index < -0.39 is 0 Å². The van der Waals surface area contributed by atoms with Gasteiger partial charge in [-0.15, -0.1) is 0 Å². The van der Waals surface area contributed by atoms with Crippen LogP contribution in [0.2, 0.25) is 0 Å². The van der Waals surface area contributed by atoms with Crippen LogP contribution in [0.4, 0.5) is 5.95 Å². The number of anilines is 1. The lowest BCUT2D eigenvalue weighted by molar-refractivity contribution is 0.282. The van der Waals surface area contributed by atoms with Gasteiger partial charge in [0, 0.05) is 7.05 Å². The number of nitrogen functional groups attached to an aromatic ring is 1. The molecule has 0 saturated heterocycles. The highest BCUT2D eigenvalue weighted by molar-refractivity contribution is 5.78. The van der Waals surface area contributed by atoms with Gasteiger partial charge in [-0.25, -0.2) is 4.98 Å². The Balaban J connectivity index is 2.73. The van der Waals surface area contributed by atoms with Crippen molar-refractivity contribution in [1.82, 2.24) is 9.55 Å². The molecule has 1 aromatic heterocycles. The smallest absolute Gasteiger partial charge is 0.200 e. The van der Waals surface area contributed by atoms with Crippen LogP contribution in [-0.2, 0) is 13.7 Å². The van der Waals surface area contributed by atoms with Gasteiger partial charge in [-0.1, -0.05) is 6.07 Å². The van der Waals surface area contributed by atoms with Crippen molar-refractivity contribution >= 4 is 17.0 Å². The number of hydrogen-bond acceptors (Lipinski definition) is 3. The zero-order chi connectivity index (χ0) is 9.42. The molecule has 0 spiro atoms. The standard InChI is InChI=1S/C9H11N3O/c1-12-8-3-2-6(5-13)4-7(8)11-9(12)10/h2-4,13H,5H2,1H3,(H2,10,11). The van der Waals surface area contributed by atoms with Gasteiger partial charge < -0.3 is 15.4 Å². The summed E-state index contributed by atoms with van der Waals surface area (Å²) in [6.07, 6.45) is 0. The highest BCUT2D eigenvalue weighted by Gasteiger charge is 2.04. The Hall–Kier alpha value is -1.55. The van der Waals surface area contributed by atoms with Crippen LogP contribution in [0.1, 0.15) is 5.56 Å². The van der Waals surface area contributed by atoms with E-state index in [2.05, 4.69) is 4.98 Å². The van der Waals surface area contributed by atoms with E-state index in [1.54, 1.807) is 0 Å². The molecule has 68 valence electrons. The van der Waals surface area contributed by atoms with E-state index in [4.69, 9.17) is 10.8 Å². The molecule has 0 fully saturated rings. The second-order valence-corrected chi connectivity index (χ2v) is 3.01. The van der Waals surface area contributed by atoms with Crippen LogP contribution in [0.5, 0.6) is 0 Å². The van der Waals surface area contributed by atoms with Crippen LogP contribution in [-0.4, -0.2) is 14.7 Å². The molecule has 0 unspecified atom stereocenters. The van der Waals surface area contributed by atoms with Crippen LogP contribution in [0.3, 0.4) is 0 Å². The highest BCUT2D eigenvalue weighted by atomic mass is 16.3. The molecule has 3 N–H and O–H groups in total. The quantitative estimate of drug-likeness (QED) is 0.672. The molecule has 4 nitrogen and oxygen atoms in total. The fourth-order valence-electron chi connectivity index (χ4n) is 1.36. The van der Waals surface area contributed by atoms with Gasteiger partial charge in [0.25, 0.3) is 0 Å². The third kappa shape index (κ3) is 1.15. The van der Waals surface area contributed by atoms with E-state index in [1.807, 2.05) is 29.8 Å². The Kier molecular flexibility index (Phi) is 1.70. The average Bonchev–Trinajstić information content (AvgIpc) is 2.42. The van der Waals surface area contributed by atoms with E-state index >= 15 is 0 Å². The molecule has 0 aliphatic carbocycles. The van der Waals surface area contributed by atoms with Crippen molar-refractivity contribution in [3.63, 3.8) is 0 Å². The largest absolute Gasteiger partial charge is 0.392 e. The molecule has 0 atom stereocenters. The number of nitrogens with two attached hydrogens (primary N) is 1. The molecule has 0 amide bonds. The van der Waals surface area contributed by atoms with Crippen LogP contribution >= 0.6 is 0 Å². The van der Waals surface area contributed by atoms with Gasteiger partial charge in [-0.05, 0) is 17.7 Å². The molecule has 2 aromatic rings. The number of imidazole rings is 1. The molecular formula is C9H11N3O. The molecule has 0 aliphatic rings. The Bertz CT molecular complexity index is 447. The Morgan fingerprint density at radius 2 is 2.31 bits per heavy atom. The topological polar surface area (TPSA) is 64.1 Å². The number of aliphatic hydroxyl groups is 1. The normalized spacial score (nSPS) is 10.9. The number of rotatable bonds is 1. The second kappa shape index (κ2) is 2.74. The van der Waals surface area contributed by atoms with Gasteiger partial charge >= 0.3 is 0 Å². The number of aliphatic hydroxyl groups excluding tert-OH is 1. The highest BCUT2D eigenvalue weighted by Crippen LogP contribution is 2.17. The summed E-state index contributed by atoms with van der Waals surface area (Å²) in [5.74, 6) is 0.491. The molecule has 0 radical (unpaired) electrons. The summed E-state index contributed by atoms with van der Waals surface area (Å²) in [4.78, 5) is 4.15. The van der Waals surface area contributed by atoms with Crippen molar-refractivity contribution in [1.29, 1.82) is 0 Å². The minimum Gasteiger partial charge on any atom is -0.392 e. The van der Waals surface area contributed by atoms with E-state index in [0.717, 1.165) is 16.6 Å². The first-order chi connectivity index (χ1) is 6.22. The summed E-state index contributed by atoms with van der Waals surface area (Å²) < 4.78 is 1.82. The number of benzene rings is 1. The van der Waals surface area contributed by atoms with Gasteiger partial charge in [0.15, 0.2) is 0 Å². The SMILES string of the molecule is Cn1c(N)nc2cc(CO)ccc21. The van der Waals surface area contributed by atoms with E-state index in [-0.39, 0.29) is 6.61 Å². The first-order valence-corrected chi connectivity index (χ1v) is 4.04. The first-order valence-electron chi connectivity index (χ1n) is 4.04. The molecule has 13 heavy (non-hydrogen) atoms. The molecular weight excluding hydrogens is 166 g/mol. The minimum atomic E-state index is 0.0341. The van der Waals surface area contributed by atoms with Crippen LogP contribution in [0.15, 0.2) is 18.2 Å². The molecule has 0 bridgehead atoms. The van der Waals surface area contributed by atoms with Crippen LogP contribution in [0, 0.1) is 0 Å². The van der Waals surface area contributed by atoms with E-state index in [1.165, 1.54) is 0 Å². The molecule has 1 heterocycles. The number of aromatic nitrogens is 2. The van der Waals surface area contributed by atoms with Crippen molar-refractivity contribution in [2.24, 2.45) is 7.05 Å². The van der Waals surface area contributed by atoms with Crippen molar-refractivity contribution < 1.29 is 5.11 Å². The predicted octanol–water partition coefficient (Wildman–Crippen LogP) is 0.648. The lowest BCUT2D eigenvalue weighted by atomic mass is 10.2. The summed E-state index contributed by atoms with van der Waals surface area (Å²) >= 11 is 0. The molecule has 0 aliphatic heterocycles. The molecule has 2 rings (SSSR count). The maximum absolute atomic E-state index is 8.91. The van der Waals surface area contributed by atoms with Gasteiger partial charge in [0.1, 0.15) is 0 Å². The lowest BCUT2D eigenvalue weighted by Gasteiger charge is -1.97. The van der Waals surface area contributed by atoms with E-state index in [9.17, 15) is 0 Å². The maximum Gasteiger partial charge on any atom is 0.200 e. The third-order valence-electron chi connectivity index (χ3n) is 2.16. The van der Waals surface area contributed by atoms with Gasteiger partial charge in [-0.2, -0.15) is 0 Å². The Morgan fingerprint density at radius 1 is 1.54 bits per heavy atom. The fourth-order valence-corrected chi connectivity index (χ4v) is 1.36. The first kappa shape index (κ1) is 8.07. The second-order valence-electron chi connectivity index (χ2n) is 3.01. The van der Waals surface area contributed by atoms with Gasteiger partial charge in [0.2, 0.25) is 5.95 Å². The van der Waals surface area contributed by atoms with Gasteiger partial charge in [-0.3, -0.25) is 0 Å². The van der Waals surface area contributed by atoms with Gasteiger partial charge in [0.05, 0.1) is 17.6 Å². The van der Waals surface area contributed by atoms with Crippen molar-refractivity contribution in [2.45, 2.75) is 6.61 Å².